The van der Waals surface area contributed by atoms with E-state index in [9.17, 15) is 19.1 Å². The van der Waals surface area contributed by atoms with Gasteiger partial charge in [-0.05, 0) is 48.9 Å². The van der Waals surface area contributed by atoms with Gasteiger partial charge in [0.1, 0.15) is 11.5 Å². The summed E-state index contributed by atoms with van der Waals surface area (Å²) in [6.45, 7) is 1.65. The predicted octanol–water partition coefficient (Wildman–Crippen LogP) is 3.36. The zero-order chi connectivity index (χ0) is 19.8. The maximum atomic E-state index is 13.3. The maximum absolute atomic E-state index is 13.3. The Morgan fingerprint density at radius 1 is 1.36 bits per heavy atom. The number of nitrogens with one attached hydrogen (secondary N) is 2. The summed E-state index contributed by atoms with van der Waals surface area (Å²) in [6.07, 6.45) is 4.74. The number of fused-ring (bicyclic) bond motifs is 1. The Labute approximate surface area is 158 Å². The summed E-state index contributed by atoms with van der Waals surface area (Å²) >= 11 is 0. The van der Waals surface area contributed by atoms with E-state index in [1.807, 2.05) is 6.07 Å². The van der Waals surface area contributed by atoms with Crippen LogP contribution in [0.25, 0.3) is 17.1 Å². The van der Waals surface area contributed by atoms with Crippen LogP contribution in [-0.4, -0.2) is 26.8 Å². The van der Waals surface area contributed by atoms with E-state index in [2.05, 4.69) is 15.3 Å². The Morgan fingerprint density at radius 2 is 2.18 bits per heavy atom. The second kappa shape index (κ2) is 6.66. The molecule has 0 unspecified atom stereocenters. The number of aromatic amines is 1. The van der Waals surface area contributed by atoms with Crippen molar-refractivity contribution in [1.82, 2.24) is 9.97 Å². The highest BCUT2D eigenvalue weighted by Gasteiger charge is 2.36. The minimum Gasteiger partial charge on any atom is -0.477 e. The molecule has 7 nitrogen and oxygen atoms in total. The first-order chi connectivity index (χ1) is 13.4. The summed E-state index contributed by atoms with van der Waals surface area (Å²) in [7, 11) is 0. The normalized spacial score (nSPS) is 15.4. The molecule has 28 heavy (non-hydrogen) atoms. The molecule has 1 aliphatic heterocycles. The molecule has 0 radical (unpaired) electrons. The minimum atomic E-state index is -1.42. The van der Waals surface area contributed by atoms with Gasteiger partial charge in [0.25, 0.3) is 0 Å². The number of ether oxygens (including phenoxy) is 1. The number of hydrogen-bond acceptors (Lipinski definition) is 5. The van der Waals surface area contributed by atoms with Gasteiger partial charge in [0.05, 0.1) is 0 Å². The van der Waals surface area contributed by atoms with Crippen molar-refractivity contribution in [2.45, 2.75) is 6.92 Å². The quantitative estimate of drug-likeness (QED) is 0.474. The van der Waals surface area contributed by atoms with Crippen molar-refractivity contribution in [3.8, 4) is 0 Å². The highest BCUT2D eigenvalue weighted by atomic mass is 19.1. The van der Waals surface area contributed by atoms with E-state index in [0.717, 1.165) is 5.39 Å². The van der Waals surface area contributed by atoms with E-state index in [4.69, 9.17) is 4.74 Å². The van der Waals surface area contributed by atoms with Gasteiger partial charge in [-0.1, -0.05) is 0 Å². The zero-order valence-electron chi connectivity index (χ0n) is 14.6. The Kier molecular flexibility index (Phi) is 4.15. The molecule has 0 saturated heterocycles. The first-order valence-corrected chi connectivity index (χ1v) is 8.31. The number of aromatic nitrogens is 2. The van der Waals surface area contributed by atoms with Gasteiger partial charge in [-0.15, -0.1) is 0 Å². The Morgan fingerprint density at radius 3 is 2.93 bits per heavy atom. The Bertz CT molecular complexity index is 1190. The number of Topliss-reactive ketones (excluding diaryl/α,β-unsaturated/α-hetero) is 1. The van der Waals surface area contributed by atoms with Crippen molar-refractivity contribution in [2.24, 2.45) is 0 Å². The van der Waals surface area contributed by atoms with Crippen molar-refractivity contribution in [3.63, 3.8) is 0 Å². The molecule has 1 aromatic carbocycles. The first-order valence-electron chi connectivity index (χ1n) is 8.31. The molecule has 2 aromatic heterocycles. The number of hydrogen-bond donors (Lipinski definition) is 3. The Hall–Kier alpha value is -3.94. The molecular formula is C20H14FN3O4. The van der Waals surface area contributed by atoms with Crippen molar-refractivity contribution < 1.29 is 23.8 Å². The fraction of sp³-hybridized carbons (Fsp3) is 0.0500. The van der Waals surface area contributed by atoms with Crippen LogP contribution in [0.3, 0.4) is 0 Å². The van der Waals surface area contributed by atoms with E-state index in [0.29, 0.717) is 22.5 Å². The number of allylic oxidation sites excluding steroid dienone is 1. The van der Waals surface area contributed by atoms with E-state index < -0.39 is 23.1 Å². The lowest BCUT2D eigenvalue weighted by Gasteiger charge is -2.10. The number of aliphatic carboxylic acids is 1. The number of halogens is 1. The lowest BCUT2D eigenvalue weighted by Crippen LogP contribution is -2.12. The maximum Gasteiger partial charge on any atom is 0.345 e. The molecule has 0 fully saturated rings. The standard InChI is InChI=1S/C20H14FN3O4/c1-10-7-12(21)4-5-14(10)24-19-16(20(26)27)17(25)15(28-19)8-11-9-23-18-13(11)3-2-6-22-18/h2-9,24H,1H3,(H,22,23)(H,26,27)/b15-8-. The fourth-order valence-electron chi connectivity index (χ4n) is 2.94. The third-order valence-corrected chi connectivity index (χ3v) is 4.31. The summed E-state index contributed by atoms with van der Waals surface area (Å²) in [6, 6.07) is 7.52. The average Bonchev–Trinajstić information content (AvgIpc) is 3.19. The topological polar surface area (TPSA) is 104 Å². The van der Waals surface area contributed by atoms with Crippen molar-refractivity contribution in [1.29, 1.82) is 0 Å². The van der Waals surface area contributed by atoms with Crippen LogP contribution in [0.1, 0.15) is 11.1 Å². The number of carbonyl (C=O) groups excluding carboxylic acids is 1. The molecule has 0 bridgehead atoms. The molecule has 0 amide bonds. The number of carbonyl (C=O) groups is 2. The second-order valence-electron chi connectivity index (χ2n) is 6.18. The zero-order valence-corrected chi connectivity index (χ0v) is 14.6. The fourth-order valence-corrected chi connectivity index (χ4v) is 2.94. The molecule has 0 saturated carbocycles. The number of nitrogens with zero attached hydrogens (tertiary/aromatic N) is 1. The molecule has 8 heteroatoms. The van der Waals surface area contributed by atoms with E-state index in [-0.39, 0.29) is 11.6 Å². The van der Waals surface area contributed by atoms with Crippen LogP contribution in [0.5, 0.6) is 0 Å². The number of anilines is 1. The number of carboxylic acids is 1. The lowest BCUT2D eigenvalue weighted by atomic mass is 10.1. The molecule has 3 heterocycles. The summed E-state index contributed by atoms with van der Waals surface area (Å²) in [4.78, 5) is 31.3. The molecule has 0 spiro atoms. The van der Waals surface area contributed by atoms with Crippen LogP contribution in [0.4, 0.5) is 10.1 Å². The largest absolute Gasteiger partial charge is 0.477 e. The van der Waals surface area contributed by atoms with Crippen LogP contribution in [0.2, 0.25) is 0 Å². The number of aryl methyl sites for hydroxylation is 1. The van der Waals surface area contributed by atoms with Gasteiger partial charge in [-0.25, -0.2) is 14.2 Å². The SMILES string of the molecule is Cc1cc(F)ccc1NC1=C(C(=O)O)C(=O)/C(=C/c2c[nH]c3ncccc23)O1. The molecule has 3 N–H and O–H groups in total. The summed E-state index contributed by atoms with van der Waals surface area (Å²) in [5.41, 5.74) is 1.71. The highest BCUT2D eigenvalue weighted by molar-refractivity contribution is 6.26. The predicted molar refractivity (Wildman–Crippen MR) is 99.6 cm³/mol. The second-order valence-corrected chi connectivity index (χ2v) is 6.18. The van der Waals surface area contributed by atoms with Crippen molar-refractivity contribution in [2.75, 3.05) is 5.32 Å². The number of H-pyrrole nitrogens is 1. The number of carboxylic acid groups (broad SMARTS) is 1. The molecule has 0 atom stereocenters. The molecule has 0 aliphatic carbocycles. The summed E-state index contributed by atoms with van der Waals surface area (Å²) in [5, 5.41) is 13.0. The van der Waals surface area contributed by atoms with Gasteiger partial charge in [0.15, 0.2) is 11.3 Å². The van der Waals surface area contributed by atoms with Gasteiger partial charge in [0, 0.05) is 29.0 Å². The monoisotopic (exact) mass is 379 g/mol. The van der Waals surface area contributed by atoms with Crippen LogP contribution in [-0.2, 0) is 14.3 Å². The van der Waals surface area contributed by atoms with E-state index in [1.165, 1.54) is 24.3 Å². The molecule has 140 valence electrons. The summed E-state index contributed by atoms with van der Waals surface area (Å²) < 4.78 is 18.8. The van der Waals surface area contributed by atoms with Crippen LogP contribution >= 0.6 is 0 Å². The smallest absolute Gasteiger partial charge is 0.345 e. The molecule has 1 aliphatic rings. The van der Waals surface area contributed by atoms with Crippen LogP contribution in [0, 0.1) is 12.7 Å². The van der Waals surface area contributed by atoms with E-state index >= 15 is 0 Å². The molecule has 3 aromatic rings. The average molecular weight is 379 g/mol. The van der Waals surface area contributed by atoms with Gasteiger partial charge < -0.3 is 20.1 Å². The molecule has 4 rings (SSSR count). The minimum absolute atomic E-state index is 0.135. The van der Waals surface area contributed by atoms with Gasteiger partial charge in [-0.3, -0.25) is 4.79 Å². The number of benzene rings is 1. The molecular weight excluding hydrogens is 365 g/mol. The Balaban J connectivity index is 1.71. The van der Waals surface area contributed by atoms with Crippen molar-refractivity contribution in [3.05, 3.63) is 76.9 Å². The number of rotatable bonds is 4. The third kappa shape index (κ3) is 3.01. The first kappa shape index (κ1) is 17.5. The number of pyridine rings is 1. The lowest BCUT2D eigenvalue weighted by molar-refractivity contribution is -0.134. The van der Waals surface area contributed by atoms with Gasteiger partial charge >= 0.3 is 5.97 Å². The van der Waals surface area contributed by atoms with Crippen molar-refractivity contribution >= 4 is 34.5 Å². The highest BCUT2D eigenvalue weighted by Crippen LogP contribution is 2.30. The van der Waals surface area contributed by atoms with Gasteiger partial charge in [0.2, 0.25) is 11.7 Å². The van der Waals surface area contributed by atoms with E-state index in [1.54, 1.807) is 25.4 Å². The van der Waals surface area contributed by atoms with Crippen LogP contribution < -0.4 is 5.32 Å². The third-order valence-electron chi connectivity index (χ3n) is 4.31. The van der Waals surface area contributed by atoms with Crippen LogP contribution in [0.15, 0.2) is 59.9 Å². The number of ketones is 1. The summed E-state index contributed by atoms with van der Waals surface area (Å²) in [5.74, 6) is -2.95. The van der Waals surface area contributed by atoms with Gasteiger partial charge in [-0.2, -0.15) is 0 Å².